The zero-order valence-corrected chi connectivity index (χ0v) is 6.78. The molecule has 0 bridgehead atoms. The molecular formula is C5H7ClN2OS. The van der Waals surface area contributed by atoms with Gasteiger partial charge in [0.2, 0.25) is 0 Å². The van der Waals surface area contributed by atoms with E-state index in [0.29, 0.717) is 17.5 Å². The second-order valence-corrected chi connectivity index (χ2v) is 3.47. The Kier molecular flexibility index (Phi) is 2.56. The van der Waals surface area contributed by atoms with Crippen molar-refractivity contribution in [2.24, 2.45) is 10.7 Å². The fraction of sp³-hybridized carbons (Fsp3) is 0.600. The number of amides is 1. The number of hydrogen-bond acceptors (Lipinski definition) is 3. The third kappa shape index (κ3) is 1.64. The molecule has 0 saturated heterocycles. The Bertz CT molecular complexity index is 182. The lowest BCUT2D eigenvalue weighted by Crippen LogP contribution is -2.11. The normalized spacial score (nSPS) is 25.1. The van der Waals surface area contributed by atoms with Crippen LogP contribution in [0.2, 0.25) is 0 Å². The lowest BCUT2D eigenvalue weighted by molar-refractivity contribution is -0.117. The Balaban J connectivity index is 2.47. The van der Waals surface area contributed by atoms with Gasteiger partial charge in [-0.15, -0.1) is 11.6 Å². The maximum atomic E-state index is 10.8. The molecule has 1 aliphatic heterocycles. The van der Waals surface area contributed by atoms with E-state index >= 15 is 0 Å². The highest BCUT2D eigenvalue weighted by molar-refractivity contribution is 8.15. The van der Waals surface area contributed by atoms with Gasteiger partial charge in [-0.05, 0) is 6.42 Å². The van der Waals surface area contributed by atoms with Crippen molar-refractivity contribution in [1.82, 2.24) is 0 Å². The van der Waals surface area contributed by atoms with Gasteiger partial charge in [0.15, 0.2) is 5.17 Å². The van der Waals surface area contributed by atoms with Crippen molar-refractivity contribution in [1.29, 1.82) is 0 Å². The van der Waals surface area contributed by atoms with E-state index in [2.05, 4.69) is 4.99 Å². The van der Waals surface area contributed by atoms with E-state index in [4.69, 9.17) is 17.3 Å². The highest BCUT2D eigenvalue weighted by Crippen LogP contribution is 2.22. The Morgan fingerprint density at radius 3 is 2.90 bits per heavy atom. The summed E-state index contributed by atoms with van der Waals surface area (Å²) in [5.74, 6) is 0.329. The zero-order valence-electron chi connectivity index (χ0n) is 5.21. The Hall–Kier alpha value is -0.220. The average molecular weight is 179 g/mol. The number of hydrogen-bond donors (Lipinski definition) is 1. The van der Waals surface area contributed by atoms with Gasteiger partial charge < -0.3 is 5.73 Å². The molecule has 0 radical (unpaired) electrons. The van der Waals surface area contributed by atoms with Crippen molar-refractivity contribution >= 4 is 34.4 Å². The van der Waals surface area contributed by atoms with Crippen LogP contribution in [-0.2, 0) is 4.79 Å². The summed E-state index contributed by atoms with van der Waals surface area (Å²) in [7, 11) is 0. The lowest BCUT2D eigenvalue weighted by atomic mass is 10.3. The molecule has 1 aliphatic rings. The molecule has 3 nitrogen and oxygen atoms in total. The van der Waals surface area contributed by atoms with Crippen LogP contribution in [0.25, 0.3) is 0 Å². The molecule has 0 aromatic rings. The van der Waals surface area contributed by atoms with Gasteiger partial charge in [0.1, 0.15) is 0 Å². The minimum atomic E-state index is -0.150. The molecule has 0 aromatic heterocycles. The quantitative estimate of drug-likeness (QED) is 0.630. The van der Waals surface area contributed by atoms with Crippen molar-refractivity contribution in [2.75, 3.05) is 5.88 Å². The van der Waals surface area contributed by atoms with Crippen molar-refractivity contribution in [3.8, 4) is 0 Å². The van der Waals surface area contributed by atoms with Gasteiger partial charge in [-0.25, -0.2) is 0 Å². The Morgan fingerprint density at radius 1 is 1.80 bits per heavy atom. The topological polar surface area (TPSA) is 55.4 Å². The zero-order chi connectivity index (χ0) is 7.56. The number of halogens is 1. The van der Waals surface area contributed by atoms with E-state index < -0.39 is 0 Å². The van der Waals surface area contributed by atoms with E-state index in [9.17, 15) is 4.79 Å². The molecule has 0 saturated carbocycles. The maximum Gasteiger partial charge on any atom is 0.261 e. The van der Waals surface area contributed by atoms with Crippen molar-refractivity contribution in [2.45, 2.75) is 11.7 Å². The summed E-state index contributed by atoms with van der Waals surface area (Å²) in [6.07, 6.45) is 0.648. The van der Waals surface area contributed by atoms with Gasteiger partial charge in [0.25, 0.3) is 5.91 Å². The van der Waals surface area contributed by atoms with Crippen LogP contribution in [0.4, 0.5) is 0 Å². The van der Waals surface area contributed by atoms with Gasteiger partial charge in [-0.2, -0.15) is 4.99 Å². The van der Waals surface area contributed by atoms with Crippen molar-refractivity contribution in [3.05, 3.63) is 0 Å². The van der Waals surface area contributed by atoms with Crippen LogP contribution in [0.3, 0.4) is 0 Å². The number of nitrogens with zero attached hydrogens (tertiary/aromatic N) is 1. The summed E-state index contributed by atoms with van der Waals surface area (Å²) in [4.78, 5) is 14.4. The number of rotatable bonds is 2. The highest BCUT2D eigenvalue weighted by Gasteiger charge is 2.25. The molecule has 0 aromatic carbocycles. The van der Waals surface area contributed by atoms with Crippen LogP contribution in [0.5, 0.6) is 0 Å². The molecule has 0 fully saturated rings. The number of carbonyl (C=O) groups excluding carboxylic acids is 1. The van der Waals surface area contributed by atoms with E-state index in [1.54, 1.807) is 0 Å². The summed E-state index contributed by atoms with van der Waals surface area (Å²) in [6, 6.07) is 0. The van der Waals surface area contributed by atoms with Gasteiger partial charge in [0, 0.05) is 5.88 Å². The first-order valence-corrected chi connectivity index (χ1v) is 4.26. The average Bonchev–Trinajstić information content (AvgIpc) is 2.13. The number of thioether (sulfide) groups is 1. The van der Waals surface area contributed by atoms with Crippen LogP contribution in [0.15, 0.2) is 4.99 Å². The molecule has 10 heavy (non-hydrogen) atoms. The molecule has 0 unspecified atom stereocenters. The maximum absolute atomic E-state index is 10.8. The van der Waals surface area contributed by atoms with Gasteiger partial charge >= 0.3 is 0 Å². The second-order valence-electron chi connectivity index (χ2n) is 1.87. The van der Waals surface area contributed by atoms with Crippen LogP contribution in [-0.4, -0.2) is 22.2 Å². The Labute approximate surface area is 68.0 Å². The monoisotopic (exact) mass is 178 g/mol. The first-order chi connectivity index (χ1) is 4.74. The van der Waals surface area contributed by atoms with Crippen LogP contribution < -0.4 is 5.73 Å². The molecule has 1 heterocycles. The molecule has 2 N–H and O–H groups in total. The summed E-state index contributed by atoms with van der Waals surface area (Å²) < 4.78 is 0. The predicted molar refractivity (Wildman–Crippen MR) is 43.3 cm³/mol. The fourth-order valence-corrected chi connectivity index (χ4v) is 1.86. The lowest BCUT2D eigenvalue weighted by Gasteiger charge is -1.99. The van der Waals surface area contributed by atoms with Crippen LogP contribution >= 0.6 is 23.4 Å². The highest BCUT2D eigenvalue weighted by atomic mass is 35.5. The standard InChI is InChI=1S/C5H7ClN2OS/c6-2-1-3-4(9)8-5(7)10-3/h3H,1-2H2,(H2,7,8,9)/t3-/m1/s1. The minimum Gasteiger partial charge on any atom is -0.378 e. The summed E-state index contributed by atoms with van der Waals surface area (Å²) >= 11 is 6.73. The molecular weight excluding hydrogens is 172 g/mol. The van der Waals surface area contributed by atoms with Gasteiger partial charge in [0.05, 0.1) is 5.25 Å². The molecule has 1 amide bonds. The third-order valence-electron chi connectivity index (χ3n) is 1.13. The summed E-state index contributed by atoms with van der Waals surface area (Å²) in [5, 5.41) is 0.234. The van der Waals surface area contributed by atoms with Gasteiger partial charge in [-0.3, -0.25) is 4.79 Å². The largest absolute Gasteiger partial charge is 0.378 e. The smallest absolute Gasteiger partial charge is 0.261 e. The van der Waals surface area contributed by atoms with Gasteiger partial charge in [-0.1, -0.05) is 11.8 Å². The number of aliphatic imine (C=N–C) groups is 1. The van der Waals surface area contributed by atoms with E-state index in [1.165, 1.54) is 11.8 Å². The number of amidine groups is 1. The predicted octanol–water partition coefficient (Wildman–Crippen LogP) is 0.572. The van der Waals surface area contributed by atoms with E-state index in [0.717, 1.165) is 0 Å². The molecule has 5 heteroatoms. The number of alkyl halides is 1. The van der Waals surface area contributed by atoms with E-state index in [1.807, 2.05) is 0 Å². The van der Waals surface area contributed by atoms with Crippen LogP contribution in [0.1, 0.15) is 6.42 Å². The molecule has 0 aliphatic carbocycles. The fourth-order valence-electron chi connectivity index (χ4n) is 0.685. The van der Waals surface area contributed by atoms with Crippen LogP contribution in [0, 0.1) is 0 Å². The van der Waals surface area contributed by atoms with E-state index in [-0.39, 0.29) is 11.2 Å². The van der Waals surface area contributed by atoms with Crippen molar-refractivity contribution < 1.29 is 4.79 Å². The molecule has 0 spiro atoms. The third-order valence-corrected chi connectivity index (χ3v) is 2.40. The summed E-state index contributed by atoms with van der Waals surface area (Å²) in [6.45, 7) is 0. The Morgan fingerprint density at radius 2 is 2.50 bits per heavy atom. The first-order valence-electron chi connectivity index (χ1n) is 2.84. The molecule has 1 rings (SSSR count). The molecule has 56 valence electrons. The second kappa shape index (κ2) is 3.25. The minimum absolute atomic E-state index is 0.127. The molecule has 1 atom stereocenters. The summed E-state index contributed by atoms with van der Waals surface area (Å²) in [5.41, 5.74) is 5.29. The number of nitrogens with two attached hydrogens (primary N) is 1. The first kappa shape index (κ1) is 7.88. The number of carbonyl (C=O) groups is 1. The SMILES string of the molecule is NC1=NC(=O)[C@@H](CCCl)S1. The van der Waals surface area contributed by atoms with Crippen molar-refractivity contribution in [3.63, 3.8) is 0 Å².